The molecule has 0 rings (SSSR count). The number of carbonyl (C=O) groups excluding carboxylic acids is 3. The Hall–Kier alpha value is -1.61. The van der Waals surface area contributed by atoms with Crippen molar-refractivity contribution in [1.29, 1.82) is 0 Å². The molecule has 0 fully saturated rings. The van der Waals surface area contributed by atoms with Crippen molar-refractivity contribution < 1.29 is 45.5 Å². The number of ketones is 2. The van der Waals surface area contributed by atoms with Crippen LogP contribution in [0.2, 0.25) is 0 Å². The molecule has 0 aliphatic rings. The highest BCUT2D eigenvalue weighted by Crippen LogP contribution is 2.38. The van der Waals surface area contributed by atoms with Gasteiger partial charge in [0, 0.05) is 12.8 Å². The molecule has 0 aromatic rings. The number of esters is 1. The molecule has 0 aliphatic heterocycles. The van der Waals surface area contributed by atoms with Gasteiger partial charge < -0.3 is 9.53 Å². The Morgan fingerprint density at radius 2 is 1.43 bits per heavy atom. The summed E-state index contributed by atoms with van der Waals surface area (Å²) in [5, 5.41) is 0. The zero-order chi connectivity index (χ0) is 18.6. The lowest BCUT2D eigenvalue weighted by molar-refractivity contribution is -0.315. The highest BCUT2D eigenvalue weighted by atomic mass is 19.4. The van der Waals surface area contributed by atoms with Crippen molar-refractivity contribution in [3.63, 3.8) is 0 Å². The molecule has 0 bridgehead atoms. The standard InChI is InChI=1S/C13H16F6O4/c1-4-8(21)11(3,6-5-7(2)20)10(22)23-9(12(14,15)16)13(17,18)19/h9H,4-6H2,1-3H3. The van der Waals surface area contributed by atoms with E-state index in [9.17, 15) is 40.7 Å². The predicted octanol–water partition coefficient (Wildman–Crippen LogP) is 3.38. The van der Waals surface area contributed by atoms with Gasteiger partial charge in [0.05, 0.1) is 0 Å². The summed E-state index contributed by atoms with van der Waals surface area (Å²) in [6.45, 7) is 3.26. The first kappa shape index (κ1) is 21.4. The first-order valence-electron chi connectivity index (χ1n) is 6.53. The molecule has 0 heterocycles. The van der Waals surface area contributed by atoms with Crippen LogP contribution < -0.4 is 0 Å². The molecule has 0 amide bonds. The van der Waals surface area contributed by atoms with Gasteiger partial charge in [-0.1, -0.05) is 6.92 Å². The van der Waals surface area contributed by atoms with Gasteiger partial charge in [0.25, 0.3) is 6.10 Å². The number of alkyl halides is 6. The second kappa shape index (κ2) is 7.31. The summed E-state index contributed by atoms with van der Waals surface area (Å²) in [5.74, 6) is -3.34. The summed E-state index contributed by atoms with van der Waals surface area (Å²) in [5.41, 5.74) is -2.25. The highest BCUT2D eigenvalue weighted by molar-refractivity contribution is 6.03. The average molecular weight is 350 g/mol. The molecular formula is C13H16F6O4. The molecule has 23 heavy (non-hydrogen) atoms. The molecule has 0 aromatic heterocycles. The zero-order valence-corrected chi connectivity index (χ0v) is 12.6. The molecule has 0 saturated carbocycles. The van der Waals surface area contributed by atoms with E-state index in [1.165, 1.54) is 6.92 Å². The second-order valence-electron chi connectivity index (χ2n) is 5.18. The van der Waals surface area contributed by atoms with Gasteiger partial charge in [0.2, 0.25) is 0 Å². The summed E-state index contributed by atoms with van der Waals surface area (Å²) in [4.78, 5) is 34.6. The van der Waals surface area contributed by atoms with Crippen molar-refractivity contribution in [3.05, 3.63) is 0 Å². The molecule has 0 N–H and O–H groups in total. The van der Waals surface area contributed by atoms with Crippen LogP contribution in [0.3, 0.4) is 0 Å². The van der Waals surface area contributed by atoms with Crippen molar-refractivity contribution in [2.45, 2.75) is 58.5 Å². The van der Waals surface area contributed by atoms with Crippen LogP contribution in [0.5, 0.6) is 0 Å². The van der Waals surface area contributed by atoms with Crippen LogP contribution >= 0.6 is 0 Å². The summed E-state index contributed by atoms with van der Waals surface area (Å²) in [6, 6.07) is 0. The van der Waals surface area contributed by atoms with E-state index < -0.39 is 47.8 Å². The van der Waals surface area contributed by atoms with E-state index in [-0.39, 0.29) is 12.8 Å². The Morgan fingerprint density at radius 1 is 1.00 bits per heavy atom. The molecule has 1 atom stereocenters. The number of hydrogen-bond donors (Lipinski definition) is 0. The van der Waals surface area contributed by atoms with Gasteiger partial charge in [-0.2, -0.15) is 26.3 Å². The maximum Gasteiger partial charge on any atom is 0.434 e. The number of ether oxygens (including phenoxy) is 1. The topological polar surface area (TPSA) is 60.4 Å². The molecule has 0 aromatic carbocycles. The van der Waals surface area contributed by atoms with E-state index in [4.69, 9.17) is 0 Å². The summed E-state index contributed by atoms with van der Waals surface area (Å²) >= 11 is 0. The van der Waals surface area contributed by atoms with Gasteiger partial charge in [0.1, 0.15) is 17.0 Å². The molecule has 0 aliphatic carbocycles. The summed E-state index contributed by atoms with van der Waals surface area (Å²) in [7, 11) is 0. The molecule has 1 unspecified atom stereocenters. The minimum atomic E-state index is -5.87. The highest BCUT2D eigenvalue weighted by Gasteiger charge is 2.61. The maximum atomic E-state index is 12.4. The lowest BCUT2D eigenvalue weighted by Gasteiger charge is -2.29. The lowest BCUT2D eigenvalue weighted by atomic mass is 9.79. The average Bonchev–Trinajstić information content (AvgIpc) is 2.37. The van der Waals surface area contributed by atoms with Crippen molar-refractivity contribution >= 4 is 17.5 Å². The Balaban J connectivity index is 5.53. The monoisotopic (exact) mass is 350 g/mol. The van der Waals surface area contributed by atoms with E-state index in [0.717, 1.165) is 13.8 Å². The number of rotatable bonds is 7. The van der Waals surface area contributed by atoms with Crippen molar-refractivity contribution in [1.82, 2.24) is 0 Å². The van der Waals surface area contributed by atoms with Crippen LogP contribution in [0.15, 0.2) is 0 Å². The molecule has 0 radical (unpaired) electrons. The van der Waals surface area contributed by atoms with Crippen LogP contribution in [0.25, 0.3) is 0 Å². The summed E-state index contributed by atoms with van der Waals surface area (Å²) < 4.78 is 78.1. The minimum absolute atomic E-state index is 0.313. The molecule has 10 heteroatoms. The van der Waals surface area contributed by atoms with Crippen LogP contribution in [0, 0.1) is 5.41 Å². The number of hydrogen-bond acceptors (Lipinski definition) is 4. The fourth-order valence-corrected chi connectivity index (χ4v) is 1.73. The van der Waals surface area contributed by atoms with Crippen LogP contribution in [0.1, 0.15) is 40.0 Å². The molecule has 134 valence electrons. The van der Waals surface area contributed by atoms with Gasteiger partial charge in [-0.05, 0) is 20.3 Å². The first-order chi connectivity index (χ1) is 10.2. The van der Waals surface area contributed by atoms with Gasteiger partial charge in [-0.15, -0.1) is 0 Å². The first-order valence-corrected chi connectivity index (χ1v) is 6.53. The van der Waals surface area contributed by atoms with Crippen LogP contribution in [0.4, 0.5) is 26.3 Å². The van der Waals surface area contributed by atoms with E-state index in [1.807, 2.05) is 0 Å². The molecular weight excluding hydrogens is 334 g/mol. The minimum Gasteiger partial charge on any atom is -0.442 e. The zero-order valence-electron chi connectivity index (χ0n) is 12.6. The SMILES string of the molecule is CCC(=O)C(C)(CCC(C)=O)C(=O)OC(C(F)(F)F)C(F)(F)F. The van der Waals surface area contributed by atoms with E-state index in [0.29, 0.717) is 0 Å². The third-order valence-electron chi connectivity index (χ3n) is 3.18. The third-order valence-corrected chi connectivity index (χ3v) is 3.18. The van der Waals surface area contributed by atoms with Crippen LogP contribution in [-0.2, 0) is 19.1 Å². The second-order valence-corrected chi connectivity index (χ2v) is 5.18. The Bertz CT molecular complexity index is 454. The third kappa shape index (κ3) is 5.83. The summed E-state index contributed by atoms with van der Waals surface area (Å²) in [6.07, 6.45) is -17.3. The lowest BCUT2D eigenvalue weighted by Crippen LogP contribution is -2.49. The maximum absolute atomic E-state index is 12.4. The fourth-order valence-electron chi connectivity index (χ4n) is 1.73. The largest absolute Gasteiger partial charge is 0.442 e. The van der Waals surface area contributed by atoms with Crippen molar-refractivity contribution in [3.8, 4) is 0 Å². The Kier molecular flexibility index (Phi) is 6.80. The van der Waals surface area contributed by atoms with E-state index >= 15 is 0 Å². The van der Waals surface area contributed by atoms with Crippen molar-refractivity contribution in [2.75, 3.05) is 0 Å². The molecule has 0 saturated heterocycles. The van der Waals surface area contributed by atoms with Gasteiger partial charge in [-0.25, -0.2) is 0 Å². The van der Waals surface area contributed by atoms with Gasteiger partial charge >= 0.3 is 18.3 Å². The van der Waals surface area contributed by atoms with Crippen LogP contribution in [-0.4, -0.2) is 36.0 Å². The quantitative estimate of drug-likeness (QED) is 0.401. The van der Waals surface area contributed by atoms with Crippen molar-refractivity contribution in [2.24, 2.45) is 5.41 Å². The molecule has 4 nitrogen and oxygen atoms in total. The number of Topliss-reactive ketones (excluding diaryl/α,β-unsaturated/α-hetero) is 2. The predicted molar refractivity (Wildman–Crippen MR) is 65.3 cm³/mol. The van der Waals surface area contributed by atoms with Gasteiger partial charge in [-0.3, -0.25) is 9.59 Å². The number of halogens is 6. The van der Waals surface area contributed by atoms with E-state index in [2.05, 4.69) is 4.74 Å². The normalized spacial score (nSPS) is 15.2. The Labute approximate surface area is 128 Å². The number of carbonyl (C=O) groups is 3. The van der Waals surface area contributed by atoms with E-state index in [1.54, 1.807) is 0 Å². The molecule has 0 spiro atoms. The smallest absolute Gasteiger partial charge is 0.434 e. The van der Waals surface area contributed by atoms with Gasteiger partial charge in [0.15, 0.2) is 0 Å². The fraction of sp³-hybridized carbons (Fsp3) is 0.769. The Morgan fingerprint density at radius 3 is 1.74 bits per heavy atom.